The summed E-state index contributed by atoms with van der Waals surface area (Å²) in [6.45, 7) is 6.08. The van der Waals surface area contributed by atoms with E-state index in [0.717, 1.165) is 26.2 Å². The Balaban J connectivity index is 1.61. The first-order valence-electron chi connectivity index (χ1n) is 8.30. The Morgan fingerprint density at radius 3 is 2.76 bits per heavy atom. The van der Waals surface area contributed by atoms with Crippen LogP contribution in [0.2, 0.25) is 0 Å². The van der Waals surface area contributed by atoms with E-state index >= 15 is 0 Å². The Labute approximate surface area is 126 Å². The molecule has 116 valence electrons. The van der Waals surface area contributed by atoms with Gasteiger partial charge in [-0.1, -0.05) is 6.92 Å². The number of aromatic nitrogens is 2. The van der Waals surface area contributed by atoms with Crippen molar-refractivity contribution in [3.8, 4) is 0 Å². The molecule has 0 N–H and O–H groups in total. The molecule has 0 aromatic carbocycles. The number of carbonyl (C=O) groups is 1. The molecule has 3 rings (SSSR count). The summed E-state index contributed by atoms with van der Waals surface area (Å²) >= 11 is 0. The highest BCUT2D eigenvalue weighted by Gasteiger charge is 2.38. The Morgan fingerprint density at radius 1 is 1.19 bits per heavy atom. The van der Waals surface area contributed by atoms with Crippen molar-refractivity contribution < 1.29 is 4.79 Å². The SMILES string of the molecule is CCC(=O)N1CCCC1C1CCCN1CCn1cccn1. The van der Waals surface area contributed by atoms with E-state index in [0.29, 0.717) is 24.4 Å². The van der Waals surface area contributed by atoms with Crippen molar-refractivity contribution in [2.75, 3.05) is 19.6 Å². The van der Waals surface area contributed by atoms with Crippen LogP contribution in [0.15, 0.2) is 18.5 Å². The minimum Gasteiger partial charge on any atom is -0.338 e. The molecule has 1 amide bonds. The normalized spacial score (nSPS) is 26.6. The fourth-order valence-corrected chi connectivity index (χ4v) is 3.93. The van der Waals surface area contributed by atoms with Crippen LogP contribution in [0.25, 0.3) is 0 Å². The average Bonchev–Trinajstić information content (AvgIpc) is 3.22. The number of nitrogens with zero attached hydrogens (tertiary/aromatic N) is 4. The molecule has 1 aromatic rings. The van der Waals surface area contributed by atoms with Gasteiger partial charge in [-0.05, 0) is 38.3 Å². The lowest BCUT2D eigenvalue weighted by Crippen LogP contribution is -2.48. The Kier molecular flexibility index (Phi) is 4.58. The fourth-order valence-electron chi connectivity index (χ4n) is 3.93. The first-order chi connectivity index (χ1) is 10.3. The molecule has 2 aliphatic heterocycles. The molecule has 2 saturated heterocycles. The highest BCUT2D eigenvalue weighted by Crippen LogP contribution is 2.30. The monoisotopic (exact) mass is 290 g/mol. The third-order valence-electron chi connectivity index (χ3n) is 4.96. The summed E-state index contributed by atoms with van der Waals surface area (Å²) in [6.07, 6.45) is 9.32. The van der Waals surface area contributed by atoms with Crippen LogP contribution in [0.1, 0.15) is 39.0 Å². The second-order valence-corrected chi connectivity index (χ2v) is 6.16. The van der Waals surface area contributed by atoms with Crippen LogP contribution >= 0.6 is 0 Å². The maximum atomic E-state index is 12.1. The largest absolute Gasteiger partial charge is 0.338 e. The lowest BCUT2D eigenvalue weighted by molar-refractivity contribution is -0.132. The van der Waals surface area contributed by atoms with Crippen molar-refractivity contribution in [2.24, 2.45) is 0 Å². The quantitative estimate of drug-likeness (QED) is 0.829. The van der Waals surface area contributed by atoms with Crippen molar-refractivity contribution in [3.63, 3.8) is 0 Å². The van der Waals surface area contributed by atoms with Crippen LogP contribution in [0, 0.1) is 0 Å². The number of hydrogen-bond acceptors (Lipinski definition) is 3. The van der Waals surface area contributed by atoms with Gasteiger partial charge in [-0.25, -0.2) is 0 Å². The van der Waals surface area contributed by atoms with Crippen LogP contribution in [0.5, 0.6) is 0 Å². The minimum atomic E-state index is 0.330. The number of hydrogen-bond donors (Lipinski definition) is 0. The predicted molar refractivity (Wildman–Crippen MR) is 81.8 cm³/mol. The topological polar surface area (TPSA) is 41.4 Å². The molecule has 2 fully saturated rings. The molecular formula is C16H26N4O. The van der Waals surface area contributed by atoms with E-state index in [1.54, 1.807) is 0 Å². The molecule has 21 heavy (non-hydrogen) atoms. The van der Waals surface area contributed by atoms with E-state index < -0.39 is 0 Å². The first kappa shape index (κ1) is 14.6. The Bertz CT molecular complexity index is 459. The van der Waals surface area contributed by atoms with Crippen molar-refractivity contribution in [3.05, 3.63) is 18.5 Å². The molecular weight excluding hydrogens is 264 g/mol. The first-order valence-corrected chi connectivity index (χ1v) is 8.30. The fraction of sp³-hybridized carbons (Fsp3) is 0.750. The zero-order valence-electron chi connectivity index (χ0n) is 12.9. The van der Waals surface area contributed by atoms with Gasteiger partial charge >= 0.3 is 0 Å². The van der Waals surface area contributed by atoms with Crippen molar-refractivity contribution in [1.82, 2.24) is 19.6 Å². The molecule has 2 unspecified atom stereocenters. The Hall–Kier alpha value is -1.36. The zero-order chi connectivity index (χ0) is 14.7. The summed E-state index contributed by atoms with van der Waals surface area (Å²) < 4.78 is 2.00. The summed E-state index contributed by atoms with van der Waals surface area (Å²) in [6, 6.07) is 2.97. The van der Waals surface area contributed by atoms with Gasteiger partial charge < -0.3 is 4.90 Å². The number of likely N-dealkylation sites (tertiary alicyclic amines) is 2. The van der Waals surface area contributed by atoms with Gasteiger partial charge in [0.2, 0.25) is 5.91 Å². The van der Waals surface area contributed by atoms with E-state index in [1.165, 1.54) is 25.7 Å². The van der Waals surface area contributed by atoms with Crippen LogP contribution < -0.4 is 0 Å². The summed E-state index contributed by atoms with van der Waals surface area (Å²) in [5.41, 5.74) is 0. The molecule has 2 atom stereocenters. The molecule has 0 saturated carbocycles. The molecule has 0 aliphatic carbocycles. The maximum Gasteiger partial charge on any atom is 0.222 e. The van der Waals surface area contributed by atoms with E-state index in [1.807, 2.05) is 30.1 Å². The van der Waals surface area contributed by atoms with Gasteiger partial charge in [-0.3, -0.25) is 14.4 Å². The third kappa shape index (κ3) is 3.12. The van der Waals surface area contributed by atoms with Crippen LogP contribution in [-0.2, 0) is 11.3 Å². The predicted octanol–water partition coefficient (Wildman–Crippen LogP) is 1.75. The maximum absolute atomic E-state index is 12.1. The van der Waals surface area contributed by atoms with Gasteiger partial charge in [0.1, 0.15) is 0 Å². The van der Waals surface area contributed by atoms with Crippen molar-refractivity contribution in [1.29, 1.82) is 0 Å². The smallest absolute Gasteiger partial charge is 0.222 e. The second kappa shape index (κ2) is 6.60. The molecule has 5 nitrogen and oxygen atoms in total. The van der Waals surface area contributed by atoms with E-state index in [-0.39, 0.29) is 0 Å². The second-order valence-electron chi connectivity index (χ2n) is 6.16. The standard InChI is InChI=1S/C16H26N4O/c1-2-16(21)20-11-4-7-15(20)14-6-3-9-18(14)12-13-19-10-5-8-17-19/h5,8,10,14-15H,2-4,6-7,9,11-13H2,1H3. The van der Waals surface area contributed by atoms with Gasteiger partial charge in [0.25, 0.3) is 0 Å². The van der Waals surface area contributed by atoms with E-state index in [4.69, 9.17) is 0 Å². The summed E-state index contributed by atoms with van der Waals surface area (Å²) in [5.74, 6) is 0.330. The molecule has 0 spiro atoms. The lowest BCUT2D eigenvalue weighted by Gasteiger charge is -2.35. The van der Waals surface area contributed by atoms with Crippen molar-refractivity contribution in [2.45, 2.75) is 57.7 Å². The minimum absolute atomic E-state index is 0.330. The van der Waals surface area contributed by atoms with Gasteiger partial charge in [0.15, 0.2) is 0 Å². The molecule has 1 aromatic heterocycles. The van der Waals surface area contributed by atoms with E-state index in [9.17, 15) is 4.79 Å². The number of rotatable bonds is 5. The highest BCUT2D eigenvalue weighted by molar-refractivity contribution is 5.76. The van der Waals surface area contributed by atoms with Gasteiger partial charge in [-0.15, -0.1) is 0 Å². The van der Waals surface area contributed by atoms with Crippen LogP contribution in [0.4, 0.5) is 0 Å². The zero-order valence-corrected chi connectivity index (χ0v) is 12.9. The van der Waals surface area contributed by atoms with E-state index in [2.05, 4.69) is 14.9 Å². The van der Waals surface area contributed by atoms with Gasteiger partial charge in [0, 0.05) is 44.0 Å². The average molecular weight is 290 g/mol. The van der Waals surface area contributed by atoms with Crippen molar-refractivity contribution >= 4 is 5.91 Å². The Morgan fingerprint density at radius 2 is 2.00 bits per heavy atom. The van der Waals surface area contributed by atoms with Gasteiger partial charge in [0.05, 0.1) is 6.54 Å². The number of amides is 1. The van der Waals surface area contributed by atoms with Crippen LogP contribution in [0.3, 0.4) is 0 Å². The highest BCUT2D eigenvalue weighted by atomic mass is 16.2. The summed E-state index contributed by atoms with van der Waals surface area (Å²) in [4.78, 5) is 16.9. The van der Waals surface area contributed by atoms with Gasteiger partial charge in [-0.2, -0.15) is 5.10 Å². The summed E-state index contributed by atoms with van der Waals surface area (Å²) in [7, 11) is 0. The molecule has 3 heterocycles. The molecule has 2 aliphatic rings. The third-order valence-corrected chi connectivity index (χ3v) is 4.96. The molecule has 0 bridgehead atoms. The lowest BCUT2D eigenvalue weighted by atomic mass is 10.0. The number of carbonyl (C=O) groups excluding carboxylic acids is 1. The summed E-state index contributed by atoms with van der Waals surface area (Å²) in [5, 5.41) is 4.28. The van der Waals surface area contributed by atoms with Crippen LogP contribution in [-0.4, -0.2) is 57.2 Å². The molecule has 5 heteroatoms. The molecule has 0 radical (unpaired) electrons.